The number of amides is 2. The van der Waals surface area contributed by atoms with Crippen molar-refractivity contribution in [1.29, 1.82) is 0 Å². The third-order valence-corrected chi connectivity index (χ3v) is 3.16. The molecule has 1 rings (SSSR count). The van der Waals surface area contributed by atoms with Gasteiger partial charge in [0.1, 0.15) is 6.04 Å². The lowest BCUT2D eigenvalue weighted by atomic mass is 10.0. The van der Waals surface area contributed by atoms with Crippen molar-refractivity contribution in [1.82, 2.24) is 5.32 Å². The van der Waals surface area contributed by atoms with E-state index in [0.29, 0.717) is 0 Å². The van der Waals surface area contributed by atoms with Gasteiger partial charge in [0.05, 0.1) is 11.1 Å². The molecule has 0 aliphatic carbocycles. The van der Waals surface area contributed by atoms with Gasteiger partial charge in [-0.15, -0.1) is 6.58 Å². The average molecular weight is 368 g/mol. The SMILES string of the molecule is C=CCC[C@H](NC(=O)c1cc(C(F)(F)F)cc(C(F)(F)F)c1)C(N)=O. The maximum Gasteiger partial charge on any atom is 0.416 e. The third kappa shape index (κ3) is 5.80. The fourth-order valence-electron chi connectivity index (χ4n) is 1.90. The van der Waals surface area contributed by atoms with E-state index in [-0.39, 0.29) is 31.0 Å². The summed E-state index contributed by atoms with van der Waals surface area (Å²) >= 11 is 0. The van der Waals surface area contributed by atoms with Crippen LogP contribution in [-0.2, 0) is 17.1 Å². The summed E-state index contributed by atoms with van der Waals surface area (Å²) in [6.07, 6.45) is -8.49. The summed E-state index contributed by atoms with van der Waals surface area (Å²) in [7, 11) is 0. The highest BCUT2D eigenvalue weighted by Gasteiger charge is 2.37. The van der Waals surface area contributed by atoms with Gasteiger partial charge in [-0.25, -0.2) is 0 Å². The second-order valence-electron chi connectivity index (χ2n) is 5.09. The summed E-state index contributed by atoms with van der Waals surface area (Å²) in [5.41, 5.74) is 0.911. The molecule has 4 nitrogen and oxygen atoms in total. The summed E-state index contributed by atoms with van der Waals surface area (Å²) in [5.74, 6) is -2.25. The fourth-order valence-corrected chi connectivity index (χ4v) is 1.90. The second kappa shape index (κ2) is 7.58. The fraction of sp³-hybridized carbons (Fsp3) is 0.333. The molecular weight excluding hydrogens is 354 g/mol. The van der Waals surface area contributed by atoms with Crippen LogP contribution in [0.5, 0.6) is 0 Å². The van der Waals surface area contributed by atoms with Gasteiger partial charge in [0.15, 0.2) is 0 Å². The first-order chi connectivity index (χ1) is 11.4. The molecule has 0 fully saturated rings. The van der Waals surface area contributed by atoms with Crippen LogP contribution in [0.25, 0.3) is 0 Å². The molecule has 1 aromatic rings. The van der Waals surface area contributed by atoms with Gasteiger partial charge in [0, 0.05) is 5.56 Å². The van der Waals surface area contributed by atoms with Crippen molar-refractivity contribution in [2.45, 2.75) is 31.2 Å². The number of hydrogen-bond donors (Lipinski definition) is 2. The van der Waals surface area contributed by atoms with E-state index in [2.05, 4.69) is 6.58 Å². The Kier molecular flexibility index (Phi) is 6.22. The Balaban J connectivity index is 3.23. The van der Waals surface area contributed by atoms with Gasteiger partial charge in [0.2, 0.25) is 5.91 Å². The third-order valence-electron chi connectivity index (χ3n) is 3.16. The lowest BCUT2D eigenvalue weighted by Crippen LogP contribution is -2.44. The maximum atomic E-state index is 12.8. The number of alkyl halides is 6. The molecule has 1 atom stereocenters. The molecule has 2 amide bonds. The van der Waals surface area contributed by atoms with E-state index in [0.717, 1.165) is 0 Å². The quantitative estimate of drug-likeness (QED) is 0.598. The molecule has 0 unspecified atom stereocenters. The molecule has 0 aliphatic heterocycles. The Bertz CT molecular complexity index is 635. The maximum absolute atomic E-state index is 12.8. The first kappa shape index (κ1) is 20.5. The highest BCUT2D eigenvalue weighted by atomic mass is 19.4. The van der Waals surface area contributed by atoms with Crippen LogP contribution >= 0.6 is 0 Å². The van der Waals surface area contributed by atoms with Gasteiger partial charge < -0.3 is 11.1 Å². The standard InChI is InChI=1S/C15H14F6N2O2/c1-2-3-4-11(12(22)24)23-13(25)8-5-9(14(16,17)18)7-10(6-8)15(19,20)21/h2,5-7,11H,1,3-4H2,(H2,22,24)(H,23,25)/t11-/m0/s1. The van der Waals surface area contributed by atoms with E-state index >= 15 is 0 Å². The van der Waals surface area contributed by atoms with Gasteiger partial charge in [-0.1, -0.05) is 6.08 Å². The minimum Gasteiger partial charge on any atom is -0.368 e. The minimum absolute atomic E-state index is 0.00959. The first-order valence-electron chi connectivity index (χ1n) is 6.86. The van der Waals surface area contributed by atoms with Crippen molar-refractivity contribution in [2.24, 2.45) is 5.73 Å². The predicted molar refractivity (Wildman–Crippen MR) is 76.3 cm³/mol. The van der Waals surface area contributed by atoms with Crippen LogP contribution < -0.4 is 11.1 Å². The van der Waals surface area contributed by atoms with E-state index in [1.807, 2.05) is 5.32 Å². The summed E-state index contributed by atoms with van der Waals surface area (Å²) in [6, 6.07) is -0.804. The van der Waals surface area contributed by atoms with Crippen LogP contribution in [0.1, 0.15) is 34.3 Å². The zero-order chi connectivity index (χ0) is 19.4. The molecule has 25 heavy (non-hydrogen) atoms. The van der Waals surface area contributed by atoms with E-state index < -0.39 is 46.9 Å². The molecule has 0 aliphatic rings. The molecular formula is C15H14F6N2O2. The van der Waals surface area contributed by atoms with Gasteiger partial charge in [0.25, 0.3) is 5.91 Å². The van der Waals surface area contributed by atoms with Crippen molar-refractivity contribution in [3.8, 4) is 0 Å². The predicted octanol–water partition coefficient (Wildman–Crippen LogP) is 3.27. The summed E-state index contributed by atoms with van der Waals surface area (Å²) in [4.78, 5) is 23.2. The van der Waals surface area contributed by atoms with E-state index in [9.17, 15) is 35.9 Å². The van der Waals surface area contributed by atoms with Crippen molar-refractivity contribution >= 4 is 11.8 Å². The molecule has 0 radical (unpaired) electrons. The molecule has 0 spiro atoms. The Labute approximate surface area is 138 Å². The number of benzene rings is 1. The van der Waals surface area contributed by atoms with Crippen molar-refractivity contribution < 1.29 is 35.9 Å². The highest BCUT2D eigenvalue weighted by molar-refractivity contribution is 5.97. The van der Waals surface area contributed by atoms with Crippen LogP contribution in [0, 0.1) is 0 Å². The molecule has 0 saturated heterocycles. The number of rotatable bonds is 6. The number of allylic oxidation sites excluding steroid dienone is 1. The molecule has 3 N–H and O–H groups in total. The Morgan fingerprint density at radius 2 is 1.56 bits per heavy atom. The largest absolute Gasteiger partial charge is 0.416 e. The Morgan fingerprint density at radius 3 is 1.92 bits per heavy atom. The smallest absolute Gasteiger partial charge is 0.368 e. The van der Waals surface area contributed by atoms with Gasteiger partial charge in [-0.05, 0) is 31.0 Å². The van der Waals surface area contributed by atoms with E-state index in [4.69, 9.17) is 5.73 Å². The minimum atomic E-state index is -5.08. The molecule has 1 aromatic carbocycles. The van der Waals surface area contributed by atoms with Crippen LogP contribution in [0.3, 0.4) is 0 Å². The number of primary amides is 1. The zero-order valence-corrected chi connectivity index (χ0v) is 12.7. The number of carbonyl (C=O) groups excluding carboxylic acids is 2. The highest BCUT2D eigenvalue weighted by Crippen LogP contribution is 2.36. The van der Waals surface area contributed by atoms with Crippen molar-refractivity contribution in [3.05, 3.63) is 47.5 Å². The van der Waals surface area contributed by atoms with Gasteiger partial charge in [-0.3, -0.25) is 9.59 Å². The van der Waals surface area contributed by atoms with Crippen molar-refractivity contribution in [3.63, 3.8) is 0 Å². The van der Waals surface area contributed by atoms with Gasteiger partial charge in [-0.2, -0.15) is 26.3 Å². The van der Waals surface area contributed by atoms with Gasteiger partial charge >= 0.3 is 12.4 Å². The van der Waals surface area contributed by atoms with E-state index in [1.165, 1.54) is 6.08 Å². The second-order valence-corrected chi connectivity index (χ2v) is 5.09. The van der Waals surface area contributed by atoms with Crippen LogP contribution in [0.4, 0.5) is 26.3 Å². The molecule has 0 bridgehead atoms. The average Bonchev–Trinajstić information content (AvgIpc) is 2.48. The molecule has 0 heterocycles. The number of carbonyl (C=O) groups is 2. The molecule has 0 saturated carbocycles. The van der Waals surface area contributed by atoms with Crippen molar-refractivity contribution in [2.75, 3.05) is 0 Å². The van der Waals surface area contributed by atoms with Crippen LogP contribution in [0.2, 0.25) is 0 Å². The summed E-state index contributed by atoms with van der Waals surface area (Å²) in [5, 5.41) is 2.03. The van der Waals surface area contributed by atoms with Crippen LogP contribution in [0.15, 0.2) is 30.9 Å². The lowest BCUT2D eigenvalue weighted by molar-refractivity contribution is -0.143. The number of halogens is 6. The van der Waals surface area contributed by atoms with Crippen LogP contribution in [-0.4, -0.2) is 17.9 Å². The number of hydrogen-bond acceptors (Lipinski definition) is 2. The first-order valence-corrected chi connectivity index (χ1v) is 6.86. The number of nitrogens with two attached hydrogens (primary N) is 1. The zero-order valence-electron chi connectivity index (χ0n) is 12.7. The molecule has 0 aromatic heterocycles. The Morgan fingerprint density at radius 1 is 1.08 bits per heavy atom. The monoisotopic (exact) mass is 368 g/mol. The molecule has 10 heteroatoms. The normalized spacial score (nSPS) is 13.2. The Hall–Kier alpha value is -2.52. The number of nitrogens with one attached hydrogen (secondary N) is 1. The van der Waals surface area contributed by atoms with E-state index in [1.54, 1.807) is 0 Å². The topological polar surface area (TPSA) is 72.2 Å². The lowest BCUT2D eigenvalue weighted by Gasteiger charge is -2.17. The molecule has 138 valence electrons. The summed E-state index contributed by atoms with van der Waals surface area (Å²) < 4.78 is 76.6. The summed E-state index contributed by atoms with van der Waals surface area (Å²) in [6.45, 7) is 3.39.